The zero-order valence-corrected chi connectivity index (χ0v) is 11.1. The lowest BCUT2D eigenvalue weighted by Crippen LogP contribution is -2.25. The Labute approximate surface area is 116 Å². The first-order valence-electron chi connectivity index (χ1n) is 6.65. The van der Waals surface area contributed by atoms with E-state index in [1.807, 2.05) is 18.2 Å². The van der Waals surface area contributed by atoms with Crippen molar-refractivity contribution in [2.24, 2.45) is 0 Å². The van der Waals surface area contributed by atoms with Crippen molar-refractivity contribution in [2.75, 3.05) is 6.54 Å². The van der Waals surface area contributed by atoms with Crippen LogP contribution < -0.4 is 5.32 Å². The average molecular weight is 272 g/mol. The first kappa shape index (κ1) is 12.8. The molecule has 3 rings (SSSR count). The summed E-state index contributed by atoms with van der Waals surface area (Å²) in [6.45, 7) is 1.86. The highest BCUT2D eigenvalue weighted by molar-refractivity contribution is 5.94. The minimum atomic E-state index is -0.0442. The number of aromatic nitrogens is 3. The number of aryl methyl sites for hydroxylation is 1. The van der Waals surface area contributed by atoms with E-state index in [1.165, 1.54) is 11.9 Å². The molecular weight excluding hydrogens is 256 g/mol. The molecule has 0 spiro atoms. The molecule has 2 N–H and O–H groups in total. The van der Waals surface area contributed by atoms with Gasteiger partial charge in [0.2, 0.25) is 0 Å². The van der Waals surface area contributed by atoms with Crippen molar-refractivity contribution in [1.29, 1.82) is 0 Å². The van der Waals surface area contributed by atoms with Crippen molar-refractivity contribution in [3.63, 3.8) is 0 Å². The average Bonchev–Trinajstić information content (AvgIpc) is 3.13. The molecule has 0 unspecified atom stereocenters. The fourth-order valence-electron chi connectivity index (χ4n) is 2.22. The second kappa shape index (κ2) is 5.83. The van der Waals surface area contributed by atoms with Gasteiger partial charge in [-0.2, -0.15) is 5.10 Å². The van der Waals surface area contributed by atoms with Crippen LogP contribution in [-0.4, -0.2) is 27.6 Å². The molecule has 0 atom stereocenters. The molecule has 6 nitrogen and oxygen atoms in total. The van der Waals surface area contributed by atoms with Gasteiger partial charge in [-0.05, 0) is 29.7 Å². The summed E-state index contributed by atoms with van der Waals surface area (Å²) in [6, 6.07) is 5.72. The molecule has 0 saturated heterocycles. The smallest absolute Gasteiger partial charge is 0.251 e. The van der Waals surface area contributed by atoms with Crippen LogP contribution in [0, 0.1) is 0 Å². The van der Waals surface area contributed by atoms with Crippen molar-refractivity contribution >= 4 is 5.91 Å². The van der Waals surface area contributed by atoms with Gasteiger partial charge >= 0.3 is 0 Å². The van der Waals surface area contributed by atoms with E-state index in [-0.39, 0.29) is 5.91 Å². The van der Waals surface area contributed by atoms with E-state index in [0.717, 1.165) is 24.2 Å². The van der Waals surface area contributed by atoms with Gasteiger partial charge in [-0.3, -0.25) is 9.89 Å². The summed E-state index contributed by atoms with van der Waals surface area (Å²) in [4.78, 5) is 16.1. The SMILES string of the molecule is O=C(NCCCc1ncn[nH]1)c1ccc2c(c1)COC2. The standard InChI is InChI=1S/C14H16N4O2/c19-14(15-5-1-2-13-16-9-17-18-13)10-3-4-11-7-20-8-12(11)6-10/h3-4,6,9H,1-2,5,7-8H2,(H,15,19)(H,16,17,18). The van der Waals surface area contributed by atoms with Gasteiger partial charge in [0.1, 0.15) is 12.2 Å². The number of rotatable bonds is 5. The lowest BCUT2D eigenvalue weighted by atomic mass is 10.1. The number of hydrogen-bond acceptors (Lipinski definition) is 4. The zero-order valence-electron chi connectivity index (χ0n) is 11.1. The molecule has 0 radical (unpaired) electrons. The highest BCUT2D eigenvalue weighted by atomic mass is 16.5. The van der Waals surface area contributed by atoms with E-state index in [1.54, 1.807) is 0 Å². The Kier molecular flexibility index (Phi) is 3.73. The lowest BCUT2D eigenvalue weighted by Gasteiger charge is -2.06. The Morgan fingerprint density at radius 2 is 2.25 bits per heavy atom. The predicted octanol–water partition coefficient (Wildman–Crippen LogP) is 1.20. The maximum absolute atomic E-state index is 12.0. The van der Waals surface area contributed by atoms with E-state index in [2.05, 4.69) is 20.5 Å². The quantitative estimate of drug-likeness (QED) is 0.801. The molecule has 6 heteroatoms. The van der Waals surface area contributed by atoms with Gasteiger partial charge in [-0.15, -0.1) is 0 Å². The predicted molar refractivity (Wildman–Crippen MR) is 72.0 cm³/mol. The summed E-state index contributed by atoms with van der Waals surface area (Å²) in [6.07, 6.45) is 3.09. The third-order valence-electron chi connectivity index (χ3n) is 3.32. The first-order chi connectivity index (χ1) is 9.83. The molecule has 2 heterocycles. The largest absolute Gasteiger partial charge is 0.372 e. The van der Waals surface area contributed by atoms with Gasteiger partial charge in [0.15, 0.2) is 0 Å². The topological polar surface area (TPSA) is 79.9 Å². The van der Waals surface area contributed by atoms with Crippen LogP contribution in [0.3, 0.4) is 0 Å². The Balaban J connectivity index is 1.49. The maximum atomic E-state index is 12.0. The van der Waals surface area contributed by atoms with E-state index in [9.17, 15) is 4.79 Å². The Morgan fingerprint density at radius 1 is 1.35 bits per heavy atom. The van der Waals surface area contributed by atoms with Crippen LogP contribution >= 0.6 is 0 Å². The van der Waals surface area contributed by atoms with Crippen molar-refractivity contribution in [1.82, 2.24) is 20.5 Å². The molecular formula is C14H16N4O2. The van der Waals surface area contributed by atoms with E-state index in [4.69, 9.17) is 4.74 Å². The Bertz CT molecular complexity index is 595. The number of amides is 1. The number of H-pyrrole nitrogens is 1. The molecule has 0 fully saturated rings. The second-order valence-corrected chi connectivity index (χ2v) is 4.77. The van der Waals surface area contributed by atoms with E-state index >= 15 is 0 Å². The third kappa shape index (κ3) is 2.85. The molecule has 1 aromatic heterocycles. The zero-order chi connectivity index (χ0) is 13.8. The van der Waals surface area contributed by atoms with Crippen molar-refractivity contribution in [2.45, 2.75) is 26.1 Å². The van der Waals surface area contributed by atoms with Gasteiger partial charge in [0.25, 0.3) is 5.91 Å². The van der Waals surface area contributed by atoms with Gasteiger partial charge < -0.3 is 10.1 Å². The van der Waals surface area contributed by atoms with E-state index in [0.29, 0.717) is 25.3 Å². The lowest BCUT2D eigenvalue weighted by molar-refractivity contribution is 0.0953. The van der Waals surface area contributed by atoms with Crippen LogP contribution in [0.4, 0.5) is 0 Å². The van der Waals surface area contributed by atoms with Crippen molar-refractivity contribution in [3.8, 4) is 0 Å². The summed E-state index contributed by atoms with van der Waals surface area (Å²) in [5, 5.41) is 9.49. The van der Waals surface area contributed by atoms with Gasteiger partial charge in [0.05, 0.1) is 13.2 Å². The summed E-state index contributed by atoms with van der Waals surface area (Å²) >= 11 is 0. The molecule has 1 aliphatic rings. The van der Waals surface area contributed by atoms with Crippen molar-refractivity contribution < 1.29 is 9.53 Å². The van der Waals surface area contributed by atoms with Crippen LogP contribution in [-0.2, 0) is 24.4 Å². The van der Waals surface area contributed by atoms with Crippen LogP contribution in [0.1, 0.15) is 33.7 Å². The monoisotopic (exact) mass is 272 g/mol. The molecule has 20 heavy (non-hydrogen) atoms. The van der Waals surface area contributed by atoms with Crippen LogP contribution in [0.2, 0.25) is 0 Å². The minimum Gasteiger partial charge on any atom is -0.372 e. The molecule has 0 aliphatic carbocycles. The summed E-state index contributed by atoms with van der Waals surface area (Å²) in [5.74, 6) is 0.797. The van der Waals surface area contributed by atoms with Gasteiger partial charge in [-0.25, -0.2) is 4.98 Å². The number of nitrogens with zero attached hydrogens (tertiary/aromatic N) is 2. The number of benzene rings is 1. The molecule has 0 saturated carbocycles. The molecule has 2 aromatic rings. The Morgan fingerprint density at radius 3 is 3.10 bits per heavy atom. The highest BCUT2D eigenvalue weighted by Gasteiger charge is 2.13. The van der Waals surface area contributed by atoms with Crippen molar-refractivity contribution in [3.05, 3.63) is 47.0 Å². The molecule has 1 aromatic carbocycles. The highest BCUT2D eigenvalue weighted by Crippen LogP contribution is 2.20. The number of aromatic amines is 1. The summed E-state index contributed by atoms with van der Waals surface area (Å²) < 4.78 is 5.34. The van der Waals surface area contributed by atoms with E-state index < -0.39 is 0 Å². The normalized spacial score (nSPS) is 13.2. The number of nitrogens with one attached hydrogen (secondary N) is 2. The van der Waals surface area contributed by atoms with Crippen LogP contribution in [0.15, 0.2) is 24.5 Å². The minimum absolute atomic E-state index is 0.0442. The fourth-order valence-corrected chi connectivity index (χ4v) is 2.22. The Hall–Kier alpha value is -2.21. The number of carbonyl (C=O) groups is 1. The second-order valence-electron chi connectivity index (χ2n) is 4.77. The summed E-state index contributed by atoms with van der Waals surface area (Å²) in [7, 11) is 0. The summed E-state index contributed by atoms with van der Waals surface area (Å²) in [5.41, 5.74) is 2.97. The first-order valence-corrected chi connectivity index (χ1v) is 6.65. The number of ether oxygens (including phenoxy) is 1. The maximum Gasteiger partial charge on any atom is 0.251 e. The van der Waals surface area contributed by atoms with Crippen LogP contribution in [0.25, 0.3) is 0 Å². The number of carbonyl (C=O) groups excluding carboxylic acids is 1. The molecule has 1 aliphatic heterocycles. The van der Waals surface area contributed by atoms with Gasteiger partial charge in [-0.1, -0.05) is 6.07 Å². The fraction of sp³-hybridized carbons (Fsp3) is 0.357. The van der Waals surface area contributed by atoms with Crippen LogP contribution in [0.5, 0.6) is 0 Å². The molecule has 1 amide bonds. The third-order valence-corrected chi connectivity index (χ3v) is 3.32. The number of hydrogen-bond donors (Lipinski definition) is 2. The number of fused-ring (bicyclic) bond motifs is 1. The molecule has 104 valence electrons. The van der Waals surface area contributed by atoms with Gasteiger partial charge in [0, 0.05) is 18.5 Å². The molecule has 0 bridgehead atoms.